The summed E-state index contributed by atoms with van der Waals surface area (Å²) in [5.74, 6) is 0. The van der Waals surface area contributed by atoms with E-state index >= 15 is 0 Å². The highest BCUT2D eigenvalue weighted by molar-refractivity contribution is 7.09. The van der Waals surface area contributed by atoms with Gasteiger partial charge in [0.05, 0.1) is 4.88 Å². The second kappa shape index (κ2) is 3.15. The molecular formula is C8H14NS+. The molecule has 1 rings (SSSR count). The molecule has 0 bridgehead atoms. The molecule has 1 aromatic heterocycles. The summed E-state index contributed by atoms with van der Waals surface area (Å²) >= 11 is 1.86. The SMILES string of the molecule is CCc1sc[n+](CC)c1C. The molecule has 1 aromatic rings. The largest absolute Gasteiger partial charge is 0.225 e. The number of aromatic nitrogens is 1. The maximum absolute atomic E-state index is 2.30. The topological polar surface area (TPSA) is 3.88 Å². The predicted octanol–water partition coefficient (Wildman–Crippen LogP) is 1.93. The molecule has 56 valence electrons. The van der Waals surface area contributed by atoms with Crippen molar-refractivity contribution < 1.29 is 4.57 Å². The summed E-state index contributed by atoms with van der Waals surface area (Å²) in [5.41, 5.74) is 3.64. The molecule has 0 saturated heterocycles. The molecule has 0 spiro atoms. The molecule has 0 saturated carbocycles. The van der Waals surface area contributed by atoms with Crippen LogP contribution in [-0.4, -0.2) is 0 Å². The quantitative estimate of drug-likeness (QED) is 0.576. The van der Waals surface area contributed by atoms with Crippen molar-refractivity contribution >= 4 is 11.3 Å². The molecule has 2 heteroatoms. The summed E-state index contributed by atoms with van der Waals surface area (Å²) in [6.07, 6.45) is 1.17. The minimum atomic E-state index is 1.10. The average Bonchev–Trinajstić information content (AvgIpc) is 2.30. The van der Waals surface area contributed by atoms with Gasteiger partial charge in [-0.3, -0.25) is 0 Å². The molecule has 0 atom stereocenters. The van der Waals surface area contributed by atoms with Crippen LogP contribution in [0, 0.1) is 6.92 Å². The second-order valence-electron chi connectivity index (χ2n) is 2.37. The number of aryl methyl sites for hydroxylation is 2. The summed E-state index contributed by atoms with van der Waals surface area (Å²) < 4.78 is 2.30. The fourth-order valence-electron chi connectivity index (χ4n) is 1.10. The summed E-state index contributed by atoms with van der Waals surface area (Å²) in [7, 11) is 0. The molecule has 10 heavy (non-hydrogen) atoms. The Kier molecular flexibility index (Phi) is 2.44. The zero-order valence-corrected chi connectivity index (χ0v) is 7.66. The van der Waals surface area contributed by atoms with Crippen molar-refractivity contribution in [2.24, 2.45) is 0 Å². The molecule has 0 amide bonds. The van der Waals surface area contributed by atoms with Gasteiger partial charge in [-0.1, -0.05) is 18.3 Å². The first-order valence-electron chi connectivity index (χ1n) is 3.76. The molecule has 0 radical (unpaired) electrons. The smallest absolute Gasteiger partial charge is 0.193 e. The maximum atomic E-state index is 2.30. The molecular weight excluding hydrogens is 142 g/mol. The minimum absolute atomic E-state index is 1.10. The van der Waals surface area contributed by atoms with Crippen LogP contribution in [0.3, 0.4) is 0 Å². The summed E-state index contributed by atoms with van der Waals surface area (Å²) in [4.78, 5) is 1.52. The van der Waals surface area contributed by atoms with Crippen LogP contribution in [0.15, 0.2) is 5.51 Å². The second-order valence-corrected chi connectivity index (χ2v) is 3.31. The lowest BCUT2D eigenvalue weighted by Crippen LogP contribution is -2.32. The Hall–Kier alpha value is -0.370. The van der Waals surface area contributed by atoms with Crippen molar-refractivity contribution in [3.05, 3.63) is 16.1 Å². The Labute approximate surface area is 66.3 Å². The average molecular weight is 156 g/mol. The van der Waals surface area contributed by atoms with Crippen molar-refractivity contribution in [2.75, 3.05) is 0 Å². The van der Waals surface area contributed by atoms with Crippen molar-refractivity contribution in [1.29, 1.82) is 0 Å². The highest BCUT2D eigenvalue weighted by atomic mass is 32.1. The van der Waals surface area contributed by atoms with Gasteiger partial charge in [0.25, 0.3) is 0 Å². The van der Waals surface area contributed by atoms with Gasteiger partial charge in [-0.15, -0.1) is 0 Å². The molecule has 0 aromatic carbocycles. The predicted molar refractivity (Wildman–Crippen MR) is 44.3 cm³/mol. The number of hydrogen-bond acceptors (Lipinski definition) is 1. The van der Waals surface area contributed by atoms with Gasteiger partial charge in [0.15, 0.2) is 5.69 Å². The van der Waals surface area contributed by atoms with E-state index in [2.05, 4.69) is 30.8 Å². The highest BCUT2D eigenvalue weighted by Gasteiger charge is 2.10. The molecule has 1 heterocycles. The number of nitrogens with zero attached hydrogens (tertiary/aromatic N) is 1. The first kappa shape index (κ1) is 7.73. The Morgan fingerprint density at radius 3 is 2.50 bits per heavy atom. The van der Waals surface area contributed by atoms with Gasteiger partial charge in [-0.25, -0.2) is 0 Å². The number of thiazole rings is 1. The van der Waals surface area contributed by atoms with Crippen LogP contribution in [0.5, 0.6) is 0 Å². The maximum Gasteiger partial charge on any atom is 0.225 e. The standard InChI is InChI=1S/C8H14NS/c1-4-8-7(3)9(5-2)6-10-8/h6H,4-5H2,1-3H3/q+1. The lowest BCUT2D eigenvalue weighted by atomic mass is 10.3. The normalized spacial score (nSPS) is 10.3. The van der Waals surface area contributed by atoms with Gasteiger partial charge in [-0.05, 0) is 13.3 Å². The van der Waals surface area contributed by atoms with Crippen LogP contribution >= 0.6 is 11.3 Å². The monoisotopic (exact) mass is 156 g/mol. The van der Waals surface area contributed by atoms with Gasteiger partial charge in [-0.2, -0.15) is 4.57 Å². The highest BCUT2D eigenvalue weighted by Crippen LogP contribution is 2.10. The first-order chi connectivity index (χ1) is 4.79. The van der Waals surface area contributed by atoms with Crippen LogP contribution < -0.4 is 4.57 Å². The first-order valence-corrected chi connectivity index (χ1v) is 4.64. The minimum Gasteiger partial charge on any atom is -0.193 e. The van der Waals surface area contributed by atoms with E-state index in [1.54, 1.807) is 0 Å². The van der Waals surface area contributed by atoms with Gasteiger partial charge in [0.1, 0.15) is 6.54 Å². The third-order valence-corrected chi connectivity index (χ3v) is 3.05. The van der Waals surface area contributed by atoms with Crippen LogP contribution in [0.25, 0.3) is 0 Å². The van der Waals surface area contributed by atoms with E-state index in [0.29, 0.717) is 0 Å². The molecule has 0 unspecified atom stereocenters. The number of hydrogen-bond donors (Lipinski definition) is 0. The van der Waals surface area contributed by atoms with Gasteiger partial charge in [0.2, 0.25) is 5.51 Å². The van der Waals surface area contributed by atoms with Gasteiger partial charge >= 0.3 is 0 Å². The lowest BCUT2D eigenvalue weighted by molar-refractivity contribution is -0.694. The lowest BCUT2D eigenvalue weighted by Gasteiger charge is -1.88. The summed E-state index contributed by atoms with van der Waals surface area (Å²) in [5, 5.41) is 0. The van der Waals surface area contributed by atoms with Crippen molar-refractivity contribution in [1.82, 2.24) is 0 Å². The van der Waals surface area contributed by atoms with Crippen molar-refractivity contribution in [3.8, 4) is 0 Å². The molecule has 0 aliphatic heterocycles. The molecule has 0 aliphatic carbocycles. The molecule has 0 aliphatic rings. The van der Waals surface area contributed by atoms with Crippen LogP contribution in [0.4, 0.5) is 0 Å². The van der Waals surface area contributed by atoms with E-state index in [1.165, 1.54) is 17.0 Å². The third kappa shape index (κ3) is 1.21. The zero-order chi connectivity index (χ0) is 7.56. The summed E-state index contributed by atoms with van der Waals surface area (Å²) in [6, 6.07) is 0. The van der Waals surface area contributed by atoms with Crippen molar-refractivity contribution in [2.45, 2.75) is 33.7 Å². The molecule has 0 N–H and O–H groups in total. The molecule has 0 fully saturated rings. The molecule has 1 nitrogen and oxygen atoms in total. The Morgan fingerprint density at radius 1 is 1.50 bits per heavy atom. The van der Waals surface area contributed by atoms with Gasteiger partial charge in [0, 0.05) is 6.92 Å². The third-order valence-electron chi connectivity index (χ3n) is 1.82. The number of rotatable bonds is 2. The van der Waals surface area contributed by atoms with E-state index in [9.17, 15) is 0 Å². The fraction of sp³-hybridized carbons (Fsp3) is 0.625. The van der Waals surface area contributed by atoms with E-state index < -0.39 is 0 Å². The van der Waals surface area contributed by atoms with E-state index in [-0.39, 0.29) is 0 Å². The van der Waals surface area contributed by atoms with Crippen LogP contribution in [-0.2, 0) is 13.0 Å². The zero-order valence-electron chi connectivity index (χ0n) is 6.85. The Morgan fingerprint density at radius 2 is 2.20 bits per heavy atom. The Bertz CT molecular complexity index is 194. The summed E-state index contributed by atoms with van der Waals surface area (Å²) in [6.45, 7) is 7.68. The van der Waals surface area contributed by atoms with Crippen LogP contribution in [0.2, 0.25) is 0 Å². The van der Waals surface area contributed by atoms with Crippen molar-refractivity contribution in [3.63, 3.8) is 0 Å². The Balaban J connectivity index is 2.97. The van der Waals surface area contributed by atoms with E-state index in [1.807, 2.05) is 11.3 Å². The van der Waals surface area contributed by atoms with Gasteiger partial charge < -0.3 is 0 Å². The van der Waals surface area contributed by atoms with Crippen LogP contribution in [0.1, 0.15) is 24.4 Å². The van der Waals surface area contributed by atoms with E-state index in [4.69, 9.17) is 0 Å². The fourth-order valence-corrected chi connectivity index (χ4v) is 2.12. The van der Waals surface area contributed by atoms with E-state index in [0.717, 1.165) is 6.54 Å².